The lowest BCUT2D eigenvalue weighted by Gasteiger charge is -2.04. The van der Waals surface area contributed by atoms with Crippen LogP contribution < -0.4 is 10.1 Å². The number of carbonyl (C=O) groups excluding carboxylic acids is 1. The zero-order chi connectivity index (χ0) is 16.9. The fraction of sp³-hybridized carbons (Fsp3) is 0.0625. The quantitative estimate of drug-likeness (QED) is 0.777. The van der Waals surface area contributed by atoms with Crippen molar-refractivity contribution in [3.63, 3.8) is 0 Å². The molecule has 122 valence electrons. The molecule has 2 aromatic carbocycles. The van der Waals surface area contributed by atoms with Crippen LogP contribution in [-0.2, 0) is 4.79 Å². The van der Waals surface area contributed by atoms with E-state index in [9.17, 15) is 13.6 Å². The second kappa shape index (κ2) is 6.86. The molecule has 0 bridgehead atoms. The maximum absolute atomic E-state index is 12.9. The van der Waals surface area contributed by atoms with E-state index in [0.717, 1.165) is 0 Å². The molecule has 0 unspecified atom stereocenters. The van der Waals surface area contributed by atoms with Gasteiger partial charge in [-0.1, -0.05) is 0 Å². The molecule has 3 aromatic rings. The summed E-state index contributed by atoms with van der Waals surface area (Å²) in [4.78, 5) is 15.7. The summed E-state index contributed by atoms with van der Waals surface area (Å²) in [6.45, 7) is -0.300. The Labute approximate surface area is 135 Å². The van der Waals surface area contributed by atoms with Crippen LogP contribution in [0.15, 0.2) is 53.1 Å². The molecule has 1 heterocycles. The molecule has 8 heteroatoms. The standard InChI is InChI=1S/C16H11F2N3O3/c17-11-3-1-10(2-4-11)15-20-16(21-24-15)19-14(22)9-23-13-7-5-12(18)6-8-13/h1-8H,9H2,(H,19,21,22). The zero-order valence-corrected chi connectivity index (χ0v) is 12.2. The highest BCUT2D eigenvalue weighted by molar-refractivity contribution is 5.90. The molecule has 0 aliphatic heterocycles. The molecule has 1 N–H and O–H groups in total. The van der Waals surface area contributed by atoms with E-state index in [1.165, 1.54) is 48.5 Å². The number of nitrogens with one attached hydrogen (secondary N) is 1. The Bertz CT molecular complexity index is 833. The molecular weight excluding hydrogens is 320 g/mol. The van der Waals surface area contributed by atoms with Crippen LogP contribution in [-0.4, -0.2) is 22.7 Å². The number of hydrogen-bond donors (Lipinski definition) is 1. The molecule has 1 aromatic heterocycles. The molecule has 0 aliphatic carbocycles. The number of carbonyl (C=O) groups is 1. The van der Waals surface area contributed by atoms with Gasteiger partial charge in [0.05, 0.1) is 0 Å². The zero-order valence-electron chi connectivity index (χ0n) is 12.2. The van der Waals surface area contributed by atoms with E-state index in [1.54, 1.807) is 0 Å². The maximum atomic E-state index is 12.9. The molecule has 1 amide bonds. The second-order valence-corrected chi connectivity index (χ2v) is 4.72. The van der Waals surface area contributed by atoms with Crippen molar-refractivity contribution in [3.8, 4) is 17.2 Å². The normalized spacial score (nSPS) is 10.4. The Morgan fingerprint density at radius 3 is 2.33 bits per heavy atom. The lowest BCUT2D eigenvalue weighted by molar-refractivity contribution is -0.118. The van der Waals surface area contributed by atoms with Crippen LogP contribution in [0.5, 0.6) is 5.75 Å². The molecule has 0 radical (unpaired) electrons. The van der Waals surface area contributed by atoms with Crippen LogP contribution in [0.2, 0.25) is 0 Å². The molecular formula is C16H11F2N3O3. The number of rotatable bonds is 5. The van der Waals surface area contributed by atoms with Crippen molar-refractivity contribution < 1.29 is 22.8 Å². The summed E-state index contributed by atoms with van der Waals surface area (Å²) in [6, 6.07) is 10.7. The Kier molecular flexibility index (Phi) is 4.46. The number of hydrogen-bond acceptors (Lipinski definition) is 5. The van der Waals surface area contributed by atoms with Crippen molar-refractivity contribution in [2.45, 2.75) is 0 Å². The molecule has 0 saturated carbocycles. The van der Waals surface area contributed by atoms with Gasteiger partial charge in [0.2, 0.25) is 0 Å². The maximum Gasteiger partial charge on any atom is 0.270 e. The van der Waals surface area contributed by atoms with Gasteiger partial charge < -0.3 is 9.26 Å². The van der Waals surface area contributed by atoms with Crippen molar-refractivity contribution in [2.24, 2.45) is 0 Å². The second-order valence-electron chi connectivity index (χ2n) is 4.72. The van der Waals surface area contributed by atoms with Crippen molar-refractivity contribution >= 4 is 11.9 Å². The number of ether oxygens (including phenoxy) is 1. The lowest BCUT2D eigenvalue weighted by Crippen LogP contribution is -2.20. The van der Waals surface area contributed by atoms with Crippen molar-refractivity contribution in [3.05, 3.63) is 60.2 Å². The monoisotopic (exact) mass is 331 g/mol. The van der Waals surface area contributed by atoms with Crippen LogP contribution in [0, 0.1) is 11.6 Å². The molecule has 0 saturated heterocycles. The number of aromatic nitrogens is 2. The van der Waals surface area contributed by atoms with Gasteiger partial charge in [0, 0.05) is 5.56 Å². The van der Waals surface area contributed by atoms with Crippen molar-refractivity contribution in [1.29, 1.82) is 0 Å². The van der Waals surface area contributed by atoms with E-state index in [1.807, 2.05) is 0 Å². The first-order valence-electron chi connectivity index (χ1n) is 6.88. The van der Waals surface area contributed by atoms with E-state index < -0.39 is 11.7 Å². The lowest BCUT2D eigenvalue weighted by atomic mass is 10.2. The van der Waals surface area contributed by atoms with Crippen molar-refractivity contribution in [1.82, 2.24) is 10.1 Å². The minimum atomic E-state index is -0.509. The van der Waals surface area contributed by atoms with Gasteiger partial charge in [-0.25, -0.2) is 8.78 Å². The molecule has 0 aliphatic rings. The number of amides is 1. The smallest absolute Gasteiger partial charge is 0.270 e. The third-order valence-corrected chi connectivity index (χ3v) is 2.95. The van der Waals surface area contributed by atoms with Gasteiger partial charge in [0.1, 0.15) is 17.4 Å². The first-order chi connectivity index (χ1) is 11.6. The highest BCUT2D eigenvalue weighted by Crippen LogP contribution is 2.18. The average molecular weight is 331 g/mol. The largest absolute Gasteiger partial charge is 0.484 e. The summed E-state index contributed by atoms with van der Waals surface area (Å²) in [6.07, 6.45) is 0. The minimum Gasteiger partial charge on any atom is -0.484 e. The average Bonchev–Trinajstić information content (AvgIpc) is 3.03. The van der Waals surface area contributed by atoms with Gasteiger partial charge in [-0.2, -0.15) is 4.98 Å². The van der Waals surface area contributed by atoms with Gasteiger partial charge in [-0.05, 0) is 53.7 Å². The predicted octanol–water partition coefficient (Wildman–Crippen LogP) is 3.03. The predicted molar refractivity (Wildman–Crippen MR) is 80.2 cm³/mol. The minimum absolute atomic E-state index is 0.0398. The van der Waals surface area contributed by atoms with E-state index >= 15 is 0 Å². The van der Waals surface area contributed by atoms with E-state index in [0.29, 0.717) is 11.3 Å². The molecule has 0 atom stereocenters. The van der Waals surface area contributed by atoms with Gasteiger partial charge in [0.25, 0.3) is 17.7 Å². The fourth-order valence-electron chi connectivity index (χ4n) is 1.82. The van der Waals surface area contributed by atoms with Gasteiger partial charge in [-0.3, -0.25) is 10.1 Å². The first kappa shape index (κ1) is 15.6. The van der Waals surface area contributed by atoms with Crippen molar-refractivity contribution in [2.75, 3.05) is 11.9 Å². The highest BCUT2D eigenvalue weighted by atomic mass is 19.1. The summed E-state index contributed by atoms with van der Waals surface area (Å²) >= 11 is 0. The number of halogens is 2. The van der Waals surface area contributed by atoms with Crippen LogP contribution in [0.1, 0.15) is 0 Å². The molecule has 24 heavy (non-hydrogen) atoms. The third-order valence-electron chi connectivity index (χ3n) is 2.95. The molecule has 0 fully saturated rings. The Balaban J connectivity index is 1.57. The highest BCUT2D eigenvalue weighted by Gasteiger charge is 2.12. The number of nitrogens with zero attached hydrogens (tertiary/aromatic N) is 2. The Morgan fingerprint density at radius 2 is 1.67 bits per heavy atom. The van der Waals surface area contributed by atoms with Gasteiger partial charge in [0.15, 0.2) is 6.61 Å². The first-order valence-corrected chi connectivity index (χ1v) is 6.88. The van der Waals surface area contributed by atoms with Gasteiger partial charge in [-0.15, -0.1) is 0 Å². The summed E-state index contributed by atoms with van der Waals surface area (Å²) < 4.78 is 35.8. The summed E-state index contributed by atoms with van der Waals surface area (Å²) in [7, 11) is 0. The van der Waals surface area contributed by atoms with Gasteiger partial charge >= 0.3 is 0 Å². The Morgan fingerprint density at radius 1 is 1.04 bits per heavy atom. The van der Waals surface area contributed by atoms with Crippen LogP contribution >= 0.6 is 0 Å². The summed E-state index contributed by atoms with van der Waals surface area (Å²) in [5, 5.41) is 6.00. The number of anilines is 1. The summed E-state index contributed by atoms with van der Waals surface area (Å²) in [5.74, 6) is -0.833. The molecule has 6 nitrogen and oxygen atoms in total. The van der Waals surface area contributed by atoms with E-state index in [-0.39, 0.29) is 24.3 Å². The van der Waals surface area contributed by atoms with Crippen LogP contribution in [0.3, 0.4) is 0 Å². The summed E-state index contributed by atoms with van der Waals surface area (Å²) in [5.41, 5.74) is 0.520. The third kappa shape index (κ3) is 3.92. The molecule has 0 spiro atoms. The van der Waals surface area contributed by atoms with Crippen LogP contribution in [0.4, 0.5) is 14.7 Å². The van der Waals surface area contributed by atoms with E-state index in [2.05, 4.69) is 15.5 Å². The topological polar surface area (TPSA) is 77.2 Å². The van der Waals surface area contributed by atoms with E-state index in [4.69, 9.17) is 9.26 Å². The number of benzene rings is 2. The molecule has 3 rings (SSSR count). The SMILES string of the molecule is O=C(COc1ccc(F)cc1)Nc1noc(-c2ccc(F)cc2)n1. The van der Waals surface area contributed by atoms with Crippen LogP contribution in [0.25, 0.3) is 11.5 Å². The fourth-order valence-corrected chi connectivity index (χ4v) is 1.82. The Hall–Kier alpha value is -3.29.